The molecule has 1 fully saturated rings. The summed E-state index contributed by atoms with van der Waals surface area (Å²) < 4.78 is 5.44. The Morgan fingerprint density at radius 3 is 2.95 bits per heavy atom. The van der Waals surface area contributed by atoms with Crippen molar-refractivity contribution in [2.75, 3.05) is 25.4 Å². The van der Waals surface area contributed by atoms with E-state index in [1.165, 1.54) is 18.6 Å². The minimum atomic E-state index is -0.666. The fourth-order valence-corrected chi connectivity index (χ4v) is 3.55. The molecule has 0 saturated carbocycles. The molecule has 0 aromatic carbocycles. The van der Waals surface area contributed by atoms with Crippen LogP contribution in [0.1, 0.15) is 38.6 Å². The smallest absolute Gasteiger partial charge is 0.191 e. The van der Waals surface area contributed by atoms with Crippen LogP contribution < -0.4 is 10.6 Å². The molecule has 126 valence electrons. The molecule has 2 unspecified atom stereocenters. The Morgan fingerprint density at radius 1 is 1.55 bits per heavy atom. The van der Waals surface area contributed by atoms with Crippen molar-refractivity contribution in [3.63, 3.8) is 0 Å². The number of nitrogens with zero attached hydrogens (tertiary/aromatic N) is 1. The van der Waals surface area contributed by atoms with Crippen molar-refractivity contribution in [2.24, 2.45) is 4.99 Å². The Balaban J connectivity index is 0.00000242. The van der Waals surface area contributed by atoms with Gasteiger partial charge in [-0.05, 0) is 44.6 Å². The fourth-order valence-electron chi connectivity index (χ4n) is 2.32. The maximum atomic E-state index is 10.0. The van der Waals surface area contributed by atoms with Crippen LogP contribution in [-0.4, -0.2) is 41.2 Å². The Bertz CT molecular complexity index is 448. The molecular formula is C15H26IN3O2S. The van der Waals surface area contributed by atoms with Crippen LogP contribution in [-0.2, 0) is 0 Å². The van der Waals surface area contributed by atoms with Crippen LogP contribution in [0.15, 0.2) is 27.8 Å². The van der Waals surface area contributed by atoms with E-state index < -0.39 is 6.10 Å². The number of thioether (sulfide) groups is 1. The van der Waals surface area contributed by atoms with Gasteiger partial charge >= 0.3 is 0 Å². The van der Waals surface area contributed by atoms with E-state index in [0.29, 0.717) is 12.3 Å². The van der Waals surface area contributed by atoms with Crippen LogP contribution in [0, 0.1) is 0 Å². The summed E-state index contributed by atoms with van der Waals surface area (Å²) in [7, 11) is 0. The number of aliphatic hydroxyl groups is 1. The van der Waals surface area contributed by atoms with E-state index in [-0.39, 0.29) is 28.7 Å². The van der Waals surface area contributed by atoms with Gasteiger partial charge in [0.05, 0.1) is 19.4 Å². The van der Waals surface area contributed by atoms with Gasteiger partial charge in [0.15, 0.2) is 5.96 Å². The zero-order valence-corrected chi connectivity index (χ0v) is 16.3. The maximum Gasteiger partial charge on any atom is 0.191 e. The predicted octanol–water partition coefficient (Wildman–Crippen LogP) is 2.77. The number of aliphatic hydroxyl groups excluding tert-OH is 1. The van der Waals surface area contributed by atoms with Crippen LogP contribution in [0.2, 0.25) is 0 Å². The number of aliphatic imine (C=N–C) groups is 1. The predicted molar refractivity (Wildman–Crippen MR) is 103 cm³/mol. The lowest BCUT2D eigenvalue weighted by atomic mass is 10.1. The second-order valence-electron chi connectivity index (χ2n) is 5.51. The van der Waals surface area contributed by atoms with Gasteiger partial charge in [0.25, 0.3) is 0 Å². The summed E-state index contributed by atoms with van der Waals surface area (Å²) in [6.07, 6.45) is 3.39. The molecule has 1 saturated heterocycles. The van der Waals surface area contributed by atoms with Crippen molar-refractivity contribution in [1.29, 1.82) is 0 Å². The quantitative estimate of drug-likeness (QED) is 0.361. The Hall–Kier alpha value is -0.410. The molecule has 0 bridgehead atoms. The number of hydrogen-bond acceptors (Lipinski definition) is 4. The summed E-state index contributed by atoms with van der Waals surface area (Å²) in [4.78, 5) is 4.65. The highest BCUT2D eigenvalue weighted by molar-refractivity contribution is 14.0. The summed E-state index contributed by atoms with van der Waals surface area (Å²) in [6, 6.07) is 3.54. The van der Waals surface area contributed by atoms with Crippen LogP contribution in [0.5, 0.6) is 0 Å². The van der Waals surface area contributed by atoms with E-state index in [9.17, 15) is 5.11 Å². The summed E-state index contributed by atoms with van der Waals surface area (Å²) in [5.74, 6) is 2.54. The maximum absolute atomic E-state index is 10.0. The summed E-state index contributed by atoms with van der Waals surface area (Å²) >= 11 is 2.00. The zero-order chi connectivity index (χ0) is 15.1. The molecule has 5 nitrogen and oxygen atoms in total. The topological polar surface area (TPSA) is 69.8 Å². The lowest BCUT2D eigenvalue weighted by molar-refractivity contribution is 0.153. The average molecular weight is 439 g/mol. The van der Waals surface area contributed by atoms with Crippen molar-refractivity contribution in [3.05, 3.63) is 24.2 Å². The fraction of sp³-hybridized carbons (Fsp3) is 0.667. The molecular weight excluding hydrogens is 413 g/mol. The lowest BCUT2D eigenvalue weighted by Gasteiger charge is -2.21. The number of halogens is 1. The van der Waals surface area contributed by atoms with Crippen LogP contribution in [0.4, 0.5) is 0 Å². The Labute approximate surface area is 153 Å². The van der Waals surface area contributed by atoms with Gasteiger partial charge in [0, 0.05) is 11.3 Å². The van der Waals surface area contributed by atoms with Gasteiger partial charge in [-0.3, -0.25) is 4.99 Å². The van der Waals surface area contributed by atoms with Crippen molar-refractivity contribution < 1.29 is 9.52 Å². The molecule has 0 aliphatic carbocycles. The molecule has 0 spiro atoms. The van der Waals surface area contributed by atoms with Crippen LogP contribution in [0.25, 0.3) is 0 Å². The molecule has 22 heavy (non-hydrogen) atoms. The standard InChI is InChI=1S/C15H25N3O2S.HI/c1-3-16-14(18-11-15(2)7-5-9-21-15)17-10-12(19)13-6-4-8-20-13;/h4,6,8,12,19H,3,5,7,9-11H2,1-2H3,(H2,16,17,18);1H. The van der Waals surface area contributed by atoms with E-state index in [2.05, 4.69) is 22.5 Å². The highest BCUT2D eigenvalue weighted by Gasteiger charge is 2.29. The minimum Gasteiger partial charge on any atom is -0.467 e. The summed E-state index contributed by atoms with van der Waals surface area (Å²) in [5, 5.41) is 16.4. The molecule has 2 rings (SSSR count). The van der Waals surface area contributed by atoms with Gasteiger partial charge in [-0.2, -0.15) is 11.8 Å². The molecule has 0 amide bonds. The molecule has 0 radical (unpaired) electrons. The van der Waals surface area contributed by atoms with Gasteiger partial charge < -0.3 is 20.2 Å². The van der Waals surface area contributed by atoms with Crippen molar-refractivity contribution >= 4 is 41.7 Å². The number of nitrogens with one attached hydrogen (secondary N) is 2. The first-order valence-corrected chi connectivity index (χ1v) is 8.49. The third kappa shape index (κ3) is 6.00. The third-order valence-corrected chi connectivity index (χ3v) is 5.07. The molecule has 1 aliphatic heterocycles. The zero-order valence-electron chi connectivity index (χ0n) is 13.2. The van der Waals surface area contributed by atoms with Gasteiger partial charge in [0.2, 0.25) is 0 Å². The Kier molecular flexibility index (Phi) is 8.63. The van der Waals surface area contributed by atoms with Gasteiger partial charge in [-0.25, -0.2) is 0 Å². The first-order valence-electron chi connectivity index (χ1n) is 7.50. The molecule has 1 aromatic rings. The van der Waals surface area contributed by atoms with Gasteiger partial charge in [-0.1, -0.05) is 0 Å². The summed E-state index contributed by atoms with van der Waals surface area (Å²) in [6.45, 7) is 6.28. The molecule has 1 aliphatic rings. The van der Waals surface area contributed by atoms with E-state index in [1.807, 2.05) is 18.7 Å². The van der Waals surface area contributed by atoms with Crippen LogP contribution >= 0.6 is 35.7 Å². The highest BCUT2D eigenvalue weighted by atomic mass is 127. The normalized spacial score (nSPS) is 23.0. The SMILES string of the molecule is CCNC(=NCC1(C)CCCS1)NCC(O)c1ccco1.I. The molecule has 7 heteroatoms. The monoisotopic (exact) mass is 439 g/mol. The summed E-state index contributed by atoms with van der Waals surface area (Å²) in [5.41, 5.74) is 0. The Morgan fingerprint density at radius 2 is 2.36 bits per heavy atom. The number of guanidine groups is 1. The van der Waals surface area contributed by atoms with E-state index in [4.69, 9.17) is 4.42 Å². The number of rotatable bonds is 6. The average Bonchev–Trinajstić information content (AvgIpc) is 3.13. The first kappa shape index (κ1) is 19.6. The number of hydrogen-bond donors (Lipinski definition) is 3. The minimum absolute atomic E-state index is 0. The van der Waals surface area contributed by atoms with Crippen molar-refractivity contribution in [2.45, 2.75) is 37.5 Å². The largest absolute Gasteiger partial charge is 0.467 e. The van der Waals surface area contributed by atoms with Gasteiger partial charge in [-0.15, -0.1) is 24.0 Å². The highest BCUT2D eigenvalue weighted by Crippen LogP contribution is 2.37. The molecule has 3 N–H and O–H groups in total. The second-order valence-corrected chi connectivity index (χ2v) is 7.19. The third-order valence-electron chi connectivity index (χ3n) is 3.55. The first-order chi connectivity index (χ1) is 10.1. The van der Waals surface area contributed by atoms with E-state index >= 15 is 0 Å². The number of furan rings is 1. The molecule has 2 atom stereocenters. The van der Waals surface area contributed by atoms with E-state index in [1.54, 1.807) is 18.4 Å². The van der Waals surface area contributed by atoms with Crippen molar-refractivity contribution in [1.82, 2.24) is 10.6 Å². The van der Waals surface area contributed by atoms with E-state index in [0.717, 1.165) is 19.0 Å². The molecule has 2 heterocycles. The van der Waals surface area contributed by atoms with Gasteiger partial charge in [0.1, 0.15) is 11.9 Å². The van der Waals surface area contributed by atoms with Crippen molar-refractivity contribution in [3.8, 4) is 0 Å². The second kappa shape index (κ2) is 9.67. The molecule has 1 aromatic heterocycles. The van der Waals surface area contributed by atoms with Crippen LogP contribution in [0.3, 0.4) is 0 Å². The lowest BCUT2D eigenvalue weighted by Crippen LogP contribution is -2.40.